The van der Waals surface area contributed by atoms with Gasteiger partial charge >= 0.3 is 12.1 Å². The topological polar surface area (TPSA) is 119 Å². The van der Waals surface area contributed by atoms with Crippen molar-refractivity contribution in [3.8, 4) is 0 Å². The van der Waals surface area contributed by atoms with Crippen molar-refractivity contribution in [3.63, 3.8) is 0 Å². The second-order valence-electron chi connectivity index (χ2n) is 7.59. The Labute approximate surface area is 167 Å². The lowest BCUT2D eigenvalue weighted by molar-refractivity contribution is -0.139. The molecule has 2 aromatic heterocycles. The van der Waals surface area contributed by atoms with Crippen LogP contribution >= 0.6 is 0 Å². The number of aromatic nitrogens is 4. The molecule has 0 radical (unpaired) electrons. The summed E-state index contributed by atoms with van der Waals surface area (Å²) >= 11 is 0. The smallest absolute Gasteiger partial charge is 0.408 e. The number of benzene rings is 1. The Morgan fingerprint density at radius 3 is 2.55 bits per heavy atom. The van der Waals surface area contributed by atoms with Crippen molar-refractivity contribution in [2.45, 2.75) is 45.4 Å². The molecule has 1 atom stereocenters. The summed E-state index contributed by atoms with van der Waals surface area (Å²) in [4.78, 5) is 36.5. The third-order valence-electron chi connectivity index (χ3n) is 4.06. The molecular weight excluding hydrogens is 374 g/mol. The molecule has 1 amide bonds. The highest BCUT2D eigenvalue weighted by Crippen LogP contribution is 2.16. The molecule has 0 aliphatic rings. The summed E-state index contributed by atoms with van der Waals surface area (Å²) in [5.41, 5.74) is 1.89. The molecule has 9 nitrogen and oxygen atoms in total. The molecule has 0 aliphatic heterocycles. The fourth-order valence-corrected chi connectivity index (χ4v) is 2.82. The van der Waals surface area contributed by atoms with Gasteiger partial charge in [0.25, 0.3) is 0 Å². The maximum Gasteiger partial charge on any atom is 0.408 e. The molecule has 0 fully saturated rings. The number of carbonyl (C=O) groups is 2. The third kappa shape index (κ3) is 5.28. The van der Waals surface area contributed by atoms with Crippen LogP contribution in [0.1, 0.15) is 32.0 Å². The molecule has 0 aliphatic carbocycles. The molecule has 2 heterocycles. The molecule has 0 spiro atoms. The molecule has 152 valence electrons. The molecule has 29 heavy (non-hydrogen) atoms. The number of hydrogen-bond donors (Lipinski definition) is 2. The molecule has 9 heteroatoms. The Balaban J connectivity index is 1.81. The lowest BCUT2D eigenvalue weighted by Gasteiger charge is -2.21. The number of nitrogens with one attached hydrogen (secondary N) is 1. The van der Waals surface area contributed by atoms with E-state index in [9.17, 15) is 14.7 Å². The number of rotatable bonds is 6. The van der Waals surface area contributed by atoms with E-state index in [2.05, 4.69) is 20.3 Å². The largest absolute Gasteiger partial charge is 0.480 e. The maximum absolute atomic E-state index is 12.0. The molecule has 2 N–H and O–H groups in total. The van der Waals surface area contributed by atoms with E-state index in [-0.39, 0.29) is 6.42 Å². The van der Waals surface area contributed by atoms with Crippen molar-refractivity contribution in [1.29, 1.82) is 0 Å². The van der Waals surface area contributed by atoms with Gasteiger partial charge in [-0.25, -0.2) is 24.5 Å². The monoisotopic (exact) mass is 397 g/mol. The van der Waals surface area contributed by atoms with Gasteiger partial charge in [-0.15, -0.1) is 0 Å². The summed E-state index contributed by atoms with van der Waals surface area (Å²) in [6, 6.07) is 8.64. The lowest BCUT2D eigenvalue weighted by atomic mass is 10.1. The lowest BCUT2D eigenvalue weighted by Crippen LogP contribution is -2.44. The fourth-order valence-electron chi connectivity index (χ4n) is 2.82. The van der Waals surface area contributed by atoms with E-state index in [1.165, 1.54) is 6.33 Å². The second-order valence-corrected chi connectivity index (χ2v) is 7.59. The van der Waals surface area contributed by atoms with E-state index in [0.29, 0.717) is 23.4 Å². The van der Waals surface area contributed by atoms with Gasteiger partial charge in [-0.1, -0.05) is 30.3 Å². The molecule has 1 aromatic carbocycles. The fraction of sp³-hybridized carbons (Fsp3) is 0.350. The molecule has 3 rings (SSSR count). The van der Waals surface area contributed by atoms with Gasteiger partial charge in [-0.05, 0) is 26.3 Å². The number of imidazole rings is 1. The normalized spacial score (nSPS) is 12.5. The predicted octanol–water partition coefficient (Wildman–Crippen LogP) is 2.40. The Morgan fingerprint density at radius 1 is 1.17 bits per heavy atom. The number of nitrogens with zero attached hydrogens (tertiary/aromatic N) is 4. The number of ether oxygens (including phenoxy) is 1. The first-order valence-corrected chi connectivity index (χ1v) is 9.14. The SMILES string of the molecule is CC(C)(C)OC(=O)NC(Cc1ncnc2c1ncn2Cc1ccccc1)C(=O)O. The van der Waals surface area contributed by atoms with Gasteiger partial charge in [0.1, 0.15) is 23.5 Å². The van der Waals surface area contributed by atoms with Crippen LogP contribution in [0.25, 0.3) is 11.2 Å². The van der Waals surface area contributed by atoms with E-state index in [1.807, 2.05) is 34.9 Å². The minimum atomic E-state index is -1.21. The van der Waals surface area contributed by atoms with Crippen LogP contribution in [-0.4, -0.2) is 48.3 Å². The molecule has 1 unspecified atom stereocenters. The molecular formula is C20H23N5O4. The van der Waals surface area contributed by atoms with Crippen LogP contribution < -0.4 is 5.32 Å². The van der Waals surface area contributed by atoms with Crippen molar-refractivity contribution in [2.75, 3.05) is 0 Å². The van der Waals surface area contributed by atoms with Crippen molar-refractivity contribution >= 4 is 23.2 Å². The summed E-state index contributed by atoms with van der Waals surface area (Å²) in [6.07, 6.45) is 2.17. The van der Waals surface area contributed by atoms with Crippen LogP contribution in [0.4, 0.5) is 4.79 Å². The number of amides is 1. The van der Waals surface area contributed by atoms with Gasteiger partial charge in [-0.2, -0.15) is 0 Å². The predicted molar refractivity (Wildman–Crippen MR) is 105 cm³/mol. The van der Waals surface area contributed by atoms with Crippen LogP contribution in [0.2, 0.25) is 0 Å². The molecule has 0 bridgehead atoms. The molecule has 0 saturated heterocycles. The van der Waals surface area contributed by atoms with Crippen LogP contribution in [0.3, 0.4) is 0 Å². The third-order valence-corrected chi connectivity index (χ3v) is 4.06. The van der Waals surface area contributed by atoms with Gasteiger partial charge in [0.05, 0.1) is 18.6 Å². The van der Waals surface area contributed by atoms with Crippen molar-refractivity contribution in [1.82, 2.24) is 24.8 Å². The number of carboxylic acid groups (broad SMARTS) is 1. The number of fused-ring (bicyclic) bond motifs is 1. The quantitative estimate of drug-likeness (QED) is 0.655. The van der Waals surface area contributed by atoms with Crippen LogP contribution in [0, 0.1) is 0 Å². The first-order valence-electron chi connectivity index (χ1n) is 9.14. The zero-order chi connectivity index (χ0) is 21.0. The highest BCUT2D eigenvalue weighted by atomic mass is 16.6. The van der Waals surface area contributed by atoms with E-state index in [0.717, 1.165) is 5.56 Å². The van der Waals surface area contributed by atoms with Gasteiger partial charge < -0.3 is 19.7 Å². The van der Waals surface area contributed by atoms with Gasteiger partial charge in [0, 0.05) is 6.42 Å². The van der Waals surface area contributed by atoms with E-state index < -0.39 is 23.7 Å². The zero-order valence-corrected chi connectivity index (χ0v) is 16.5. The summed E-state index contributed by atoms with van der Waals surface area (Å²) in [5.74, 6) is -1.19. The highest BCUT2D eigenvalue weighted by molar-refractivity contribution is 5.81. The van der Waals surface area contributed by atoms with Crippen LogP contribution in [0.15, 0.2) is 43.0 Å². The van der Waals surface area contributed by atoms with Gasteiger partial charge in [0.2, 0.25) is 0 Å². The van der Waals surface area contributed by atoms with E-state index >= 15 is 0 Å². The zero-order valence-electron chi connectivity index (χ0n) is 16.5. The summed E-state index contributed by atoms with van der Waals surface area (Å²) in [7, 11) is 0. The van der Waals surface area contributed by atoms with Gasteiger partial charge in [0.15, 0.2) is 5.65 Å². The van der Waals surface area contributed by atoms with Crippen LogP contribution in [-0.2, 0) is 22.5 Å². The molecule has 0 saturated carbocycles. The molecule has 3 aromatic rings. The Hall–Kier alpha value is -3.49. The summed E-state index contributed by atoms with van der Waals surface area (Å²) in [6.45, 7) is 5.69. The number of carbonyl (C=O) groups excluding carboxylic acids is 1. The minimum absolute atomic E-state index is 0.0457. The van der Waals surface area contributed by atoms with Crippen molar-refractivity contribution < 1.29 is 19.4 Å². The van der Waals surface area contributed by atoms with Crippen LogP contribution in [0.5, 0.6) is 0 Å². The Kier molecular flexibility index (Phi) is 5.76. The maximum atomic E-state index is 12.0. The average Bonchev–Trinajstić information content (AvgIpc) is 3.04. The van der Waals surface area contributed by atoms with Gasteiger partial charge in [-0.3, -0.25) is 0 Å². The number of alkyl carbamates (subject to hydrolysis) is 1. The Morgan fingerprint density at radius 2 is 1.90 bits per heavy atom. The van der Waals surface area contributed by atoms with Crippen molar-refractivity contribution in [2.24, 2.45) is 0 Å². The Bertz CT molecular complexity index is 1010. The first kappa shape index (κ1) is 20.2. The van der Waals surface area contributed by atoms with Crippen molar-refractivity contribution in [3.05, 3.63) is 54.2 Å². The standard InChI is InChI=1S/C20H23N5O4/c1-20(2,3)29-19(28)24-15(18(26)27)9-14-16-17(22-11-21-14)25(12-23-16)10-13-7-5-4-6-8-13/h4-8,11-12,15H,9-10H2,1-3H3,(H,24,28)(H,26,27). The summed E-state index contributed by atoms with van der Waals surface area (Å²) in [5, 5.41) is 11.9. The summed E-state index contributed by atoms with van der Waals surface area (Å²) < 4.78 is 7.02. The highest BCUT2D eigenvalue weighted by Gasteiger charge is 2.26. The minimum Gasteiger partial charge on any atom is -0.480 e. The number of aliphatic carboxylic acids is 1. The average molecular weight is 397 g/mol. The number of carboxylic acids is 1. The first-order chi connectivity index (χ1) is 13.7. The van der Waals surface area contributed by atoms with E-state index in [4.69, 9.17) is 4.74 Å². The van der Waals surface area contributed by atoms with E-state index in [1.54, 1.807) is 27.1 Å². The number of hydrogen-bond acceptors (Lipinski definition) is 6. The second kappa shape index (κ2) is 8.26.